The number of amides is 2. The van der Waals surface area contributed by atoms with Crippen molar-refractivity contribution in [1.29, 1.82) is 0 Å². The van der Waals surface area contributed by atoms with Crippen LogP contribution in [0.25, 0.3) is 0 Å². The second kappa shape index (κ2) is 9.16. The maximum atomic E-state index is 13.0. The Balaban J connectivity index is 2.17. The first-order valence-corrected chi connectivity index (χ1v) is 8.78. The lowest BCUT2D eigenvalue weighted by molar-refractivity contribution is -0.131. The van der Waals surface area contributed by atoms with Crippen molar-refractivity contribution in [2.45, 2.75) is 26.5 Å². The van der Waals surface area contributed by atoms with Crippen LogP contribution in [0.1, 0.15) is 21.7 Å². The lowest BCUT2D eigenvalue weighted by Gasteiger charge is -2.21. The number of ether oxygens (including phenoxy) is 2. The highest BCUT2D eigenvalue weighted by molar-refractivity contribution is 5.98. The minimum atomic E-state index is -0.778. The molecule has 26 heavy (non-hydrogen) atoms. The second-order valence-corrected chi connectivity index (χ2v) is 6.60. The predicted octanol–water partition coefficient (Wildman–Crippen LogP) is 0.0430. The van der Waals surface area contributed by atoms with Crippen LogP contribution in [0.4, 0.5) is 0 Å². The van der Waals surface area contributed by atoms with E-state index in [-0.39, 0.29) is 31.4 Å². The third-order valence-corrected chi connectivity index (χ3v) is 4.72. The minimum absolute atomic E-state index is 0.0403. The molecule has 8 heteroatoms. The first kappa shape index (κ1) is 20.4. The molecule has 1 aromatic heterocycles. The van der Waals surface area contributed by atoms with Gasteiger partial charge >= 0.3 is 0 Å². The molecule has 2 rings (SSSR count). The fraction of sp³-hybridized carbons (Fsp3) is 0.667. The van der Waals surface area contributed by atoms with Crippen molar-refractivity contribution in [2.75, 3.05) is 53.6 Å². The van der Waals surface area contributed by atoms with Gasteiger partial charge in [-0.1, -0.05) is 0 Å². The van der Waals surface area contributed by atoms with E-state index < -0.39 is 6.10 Å². The second-order valence-electron chi connectivity index (χ2n) is 6.60. The Kier molecular flexibility index (Phi) is 7.19. The summed E-state index contributed by atoms with van der Waals surface area (Å²) >= 11 is 0. The summed E-state index contributed by atoms with van der Waals surface area (Å²) in [5.74, 6) is -0.414. The van der Waals surface area contributed by atoms with Gasteiger partial charge in [0, 0.05) is 51.8 Å². The topological polar surface area (TPSA) is 84.2 Å². The van der Waals surface area contributed by atoms with Gasteiger partial charge in [0.25, 0.3) is 5.91 Å². The van der Waals surface area contributed by atoms with Crippen molar-refractivity contribution in [3.8, 4) is 0 Å². The molecule has 1 fully saturated rings. The molecule has 2 amide bonds. The summed E-state index contributed by atoms with van der Waals surface area (Å²) in [6, 6.07) is 1.83. The third-order valence-electron chi connectivity index (χ3n) is 4.72. The lowest BCUT2D eigenvalue weighted by atomic mass is 10.2. The van der Waals surface area contributed by atoms with Crippen LogP contribution in [0.5, 0.6) is 0 Å². The Morgan fingerprint density at radius 2 is 1.85 bits per heavy atom. The van der Waals surface area contributed by atoms with Crippen LogP contribution < -0.4 is 0 Å². The van der Waals surface area contributed by atoms with Crippen molar-refractivity contribution >= 4 is 11.8 Å². The van der Waals surface area contributed by atoms with Crippen LogP contribution in [-0.2, 0) is 20.8 Å². The maximum Gasteiger partial charge on any atom is 0.256 e. The van der Waals surface area contributed by atoms with E-state index in [4.69, 9.17) is 9.47 Å². The zero-order valence-electron chi connectivity index (χ0n) is 16.0. The van der Waals surface area contributed by atoms with Gasteiger partial charge in [-0.3, -0.25) is 9.59 Å². The van der Waals surface area contributed by atoms with E-state index in [1.807, 2.05) is 24.5 Å². The largest absolute Gasteiger partial charge is 0.389 e. The molecule has 1 atom stereocenters. The number of aliphatic hydroxyl groups excluding tert-OH is 1. The highest BCUT2D eigenvalue weighted by Gasteiger charge is 2.31. The Hall–Kier alpha value is -1.90. The summed E-state index contributed by atoms with van der Waals surface area (Å²) in [7, 11) is 3.20. The van der Waals surface area contributed by atoms with Gasteiger partial charge in [-0.05, 0) is 19.9 Å². The van der Waals surface area contributed by atoms with E-state index in [0.29, 0.717) is 31.9 Å². The zero-order valence-corrected chi connectivity index (χ0v) is 16.0. The lowest BCUT2D eigenvalue weighted by Crippen LogP contribution is -2.40. The number of aryl methyl sites for hydroxylation is 1. The molecule has 2 heterocycles. The van der Waals surface area contributed by atoms with Crippen molar-refractivity contribution < 1.29 is 24.2 Å². The van der Waals surface area contributed by atoms with Gasteiger partial charge in [-0.2, -0.15) is 0 Å². The molecule has 0 aromatic carbocycles. The smallest absolute Gasteiger partial charge is 0.256 e. The Bertz CT molecular complexity index is 643. The quantitative estimate of drug-likeness (QED) is 0.736. The van der Waals surface area contributed by atoms with Crippen LogP contribution in [-0.4, -0.2) is 91.0 Å². The van der Waals surface area contributed by atoms with E-state index in [1.165, 1.54) is 4.90 Å². The number of methoxy groups -OCH3 is 2. The van der Waals surface area contributed by atoms with Crippen molar-refractivity contribution in [2.24, 2.45) is 0 Å². The highest BCUT2D eigenvalue weighted by Crippen LogP contribution is 2.18. The molecule has 0 radical (unpaired) electrons. The standard InChI is InChI=1S/C18H29N3O5/c1-13-9-16(14(2)21(13)6-8-26-4)18(24)20-11-15(22)10-19(5-7-25-3)17(23)12-20/h9,15,22H,5-8,10-12H2,1-4H3. The molecule has 0 aliphatic carbocycles. The average Bonchev–Trinajstić information content (AvgIpc) is 2.79. The highest BCUT2D eigenvalue weighted by atomic mass is 16.5. The Labute approximate surface area is 154 Å². The summed E-state index contributed by atoms with van der Waals surface area (Å²) in [5, 5.41) is 10.2. The molecular weight excluding hydrogens is 338 g/mol. The summed E-state index contributed by atoms with van der Waals surface area (Å²) in [4.78, 5) is 28.4. The number of nitrogens with zero attached hydrogens (tertiary/aromatic N) is 3. The van der Waals surface area contributed by atoms with Crippen LogP contribution >= 0.6 is 0 Å². The normalized spacial score (nSPS) is 18.3. The Morgan fingerprint density at radius 1 is 1.19 bits per heavy atom. The SMILES string of the molecule is COCCN1CC(O)CN(C(=O)c2cc(C)n(CCOC)c2C)CC1=O. The molecule has 1 aliphatic heterocycles. The van der Waals surface area contributed by atoms with E-state index in [1.54, 1.807) is 19.1 Å². The minimum Gasteiger partial charge on any atom is -0.389 e. The van der Waals surface area contributed by atoms with Gasteiger partial charge in [-0.25, -0.2) is 0 Å². The number of hydrogen-bond donors (Lipinski definition) is 1. The van der Waals surface area contributed by atoms with Gasteiger partial charge in [0.2, 0.25) is 5.91 Å². The summed E-state index contributed by atoms with van der Waals surface area (Å²) in [6.07, 6.45) is -0.778. The third kappa shape index (κ3) is 4.63. The van der Waals surface area contributed by atoms with Crippen LogP contribution in [0.2, 0.25) is 0 Å². The first-order valence-electron chi connectivity index (χ1n) is 8.78. The van der Waals surface area contributed by atoms with Gasteiger partial charge < -0.3 is 28.9 Å². The first-order chi connectivity index (χ1) is 12.4. The van der Waals surface area contributed by atoms with Crippen molar-refractivity contribution in [3.05, 3.63) is 23.0 Å². The van der Waals surface area contributed by atoms with Gasteiger partial charge in [0.15, 0.2) is 0 Å². The van der Waals surface area contributed by atoms with Gasteiger partial charge in [0.1, 0.15) is 6.54 Å². The number of carbonyl (C=O) groups excluding carboxylic acids is 2. The van der Waals surface area contributed by atoms with E-state index in [0.717, 1.165) is 11.4 Å². The molecular formula is C18H29N3O5. The van der Waals surface area contributed by atoms with Crippen molar-refractivity contribution in [3.63, 3.8) is 0 Å². The van der Waals surface area contributed by atoms with E-state index in [9.17, 15) is 14.7 Å². The Morgan fingerprint density at radius 3 is 2.50 bits per heavy atom. The molecule has 1 aliphatic rings. The average molecular weight is 367 g/mol. The molecule has 1 saturated heterocycles. The van der Waals surface area contributed by atoms with Crippen LogP contribution in [0.15, 0.2) is 6.07 Å². The number of β-amino-alcohol motifs (C(OH)–C–C–N with tert-alkyl or cyclic N) is 1. The molecule has 1 N–H and O–H groups in total. The maximum absolute atomic E-state index is 13.0. The molecule has 0 spiro atoms. The molecule has 146 valence electrons. The predicted molar refractivity (Wildman–Crippen MR) is 96.1 cm³/mol. The monoisotopic (exact) mass is 367 g/mol. The van der Waals surface area contributed by atoms with Crippen LogP contribution in [0, 0.1) is 13.8 Å². The van der Waals surface area contributed by atoms with Gasteiger partial charge in [-0.15, -0.1) is 0 Å². The number of rotatable bonds is 7. The molecule has 8 nitrogen and oxygen atoms in total. The number of carbonyl (C=O) groups is 2. The fourth-order valence-electron chi connectivity index (χ4n) is 3.28. The molecule has 0 bridgehead atoms. The van der Waals surface area contributed by atoms with E-state index >= 15 is 0 Å². The fourth-order valence-corrected chi connectivity index (χ4v) is 3.28. The molecule has 1 aromatic rings. The summed E-state index contributed by atoms with van der Waals surface area (Å²) in [5.41, 5.74) is 2.36. The van der Waals surface area contributed by atoms with E-state index in [2.05, 4.69) is 0 Å². The van der Waals surface area contributed by atoms with Gasteiger partial charge in [0.05, 0.1) is 24.9 Å². The molecule has 1 unspecified atom stereocenters. The summed E-state index contributed by atoms with van der Waals surface area (Å²) < 4.78 is 12.2. The van der Waals surface area contributed by atoms with Crippen LogP contribution in [0.3, 0.4) is 0 Å². The number of aliphatic hydroxyl groups is 1. The summed E-state index contributed by atoms with van der Waals surface area (Å²) in [6.45, 7) is 6.14. The number of hydrogen-bond acceptors (Lipinski definition) is 5. The number of aromatic nitrogens is 1. The zero-order chi connectivity index (χ0) is 19.3. The van der Waals surface area contributed by atoms with Crippen molar-refractivity contribution in [1.82, 2.24) is 14.4 Å². The molecule has 0 saturated carbocycles.